The van der Waals surface area contributed by atoms with Gasteiger partial charge in [0.15, 0.2) is 16.1 Å². The first-order chi connectivity index (χ1) is 47.6. The molecule has 3 heterocycles. The number of hydrogen-bond acceptors (Lipinski definition) is 1. The standard InChI is InChI=1S/C90H63BN2OSi2/c1-7-32-68(33-8-1)95(69-34-9-2-10-35-69,70-36-11-3-12-37-70)74-44-27-30-64(60-74)76-50-29-51-77(65-31-28-45-75(61-65)96(71-38-13-4-14-39-71,72-40-15-5-16-41-72)73-42-17-6-18-43-73)90(76)91-82-58-56-66(92-84-52-23-19-46-78(84)79-47-20-24-53-85(79)92)62-88(82)94-89-63-67(57-59-83(89)91)93-86-54-25-21-48-80(86)81-49-22-26-55-87(81)93/h1-63H. The Bertz CT molecular complexity index is 5110. The lowest BCUT2D eigenvalue weighted by Crippen LogP contribution is -2.74. The highest BCUT2D eigenvalue weighted by Gasteiger charge is 2.44. The predicted molar refractivity (Wildman–Crippen MR) is 411 cm³/mol. The SMILES string of the molecule is c1ccc([Si](c2ccccc2)(c2ccccc2)c2cccc(-c3cccc(-c4cccc([Si](c5ccccc5)(c5ccccc5)c5ccccc5)c4)c3B3c4ccc(-n5c6ccccc6c6ccccc65)cc4Oc4cc(-n5c6ccccc6c6ccccc65)ccc43)c2)cc1. The zero-order valence-corrected chi connectivity index (χ0v) is 54.8. The summed E-state index contributed by atoms with van der Waals surface area (Å²) >= 11 is 0. The molecule has 0 radical (unpaired) electrons. The monoisotopic (exact) mass is 1250 g/mol. The second-order valence-corrected chi connectivity index (χ2v) is 33.0. The molecular formula is C90H63BN2OSi2. The van der Waals surface area contributed by atoms with Gasteiger partial charge in [-0.3, -0.25) is 0 Å². The van der Waals surface area contributed by atoms with E-state index in [-0.39, 0.29) is 6.71 Å². The summed E-state index contributed by atoms with van der Waals surface area (Å²) in [5.41, 5.74) is 14.7. The molecule has 18 rings (SSSR count). The van der Waals surface area contributed by atoms with Crippen molar-refractivity contribution < 1.29 is 4.74 Å². The van der Waals surface area contributed by atoms with Gasteiger partial charge in [-0.1, -0.05) is 339 Å². The third-order valence-corrected chi connectivity index (χ3v) is 29.9. The maximum atomic E-state index is 7.65. The van der Waals surface area contributed by atoms with Gasteiger partial charge in [-0.05, 0) is 111 Å². The first-order valence-corrected chi connectivity index (χ1v) is 37.3. The number of aromatic nitrogens is 2. The van der Waals surface area contributed by atoms with Gasteiger partial charge in [-0.15, -0.1) is 0 Å². The maximum absolute atomic E-state index is 7.65. The Morgan fingerprint density at radius 2 is 0.500 bits per heavy atom. The summed E-state index contributed by atoms with van der Waals surface area (Å²) in [6, 6.07) is 143. The number of para-hydroxylation sites is 4. The molecule has 1 aliphatic rings. The lowest BCUT2D eigenvalue weighted by Gasteiger charge is -2.35. The summed E-state index contributed by atoms with van der Waals surface area (Å²) in [6.07, 6.45) is 0. The topological polar surface area (TPSA) is 19.1 Å². The lowest BCUT2D eigenvalue weighted by molar-refractivity contribution is 0.487. The van der Waals surface area contributed by atoms with Gasteiger partial charge < -0.3 is 13.9 Å². The Morgan fingerprint density at radius 1 is 0.229 bits per heavy atom. The van der Waals surface area contributed by atoms with Crippen LogP contribution in [-0.4, -0.2) is 32.0 Å². The molecule has 0 bridgehead atoms. The molecule has 6 heteroatoms. The minimum atomic E-state index is -3.00. The van der Waals surface area contributed by atoms with Crippen LogP contribution in [0.5, 0.6) is 11.5 Å². The van der Waals surface area contributed by atoms with Crippen LogP contribution >= 0.6 is 0 Å². The fourth-order valence-corrected chi connectivity index (χ4v) is 25.9. The average Bonchev–Trinajstić information content (AvgIpc) is 0.803. The van der Waals surface area contributed by atoms with Gasteiger partial charge in [0.2, 0.25) is 0 Å². The van der Waals surface area contributed by atoms with Crippen LogP contribution in [0.2, 0.25) is 0 Å². The number of ether oxygens (including phenoxy) is 1. The van der Waals surface area contributed by atoms with Gasteiger partial charge in [-0.25, -0.2) is 0 Å². The fraction of sp³-hybridized carbons (Fsp3) is 0. The molecule has 0 saturated carbocycles. The molecule has 3 nitrogen and oxygen atoms in total. The molecule has 0 amide bonds. The number of fused-ring (bicyclic) bond motifs is 8. The van der Waals surface area contributed by atoms with E-state index in [1.165, 1.54) is 68.5 Å². The lowest BCUT2D eigenvalue weighted by atomic mass is 9.34. The molecule has 0 spiro atoms. The van der Waals surface area contributed by atoms with Crippen LogP contribution in [0.4, 0.5) is 0 Å². The van der Waals surface area contributed by atoms with E-state index in [9.17, 15) is 0 Å². The second-order valence-electron chi connectivity index (χ2n) is 25.3. The highest BCUT2D eigenvalue weighted by molar-refractivity contribution is 7.20. The quantitative estimate of drug-likeness (QED) is 0.0832. The van der Waals surface area contributed by atoms with Gasteiger partial charge in [-0.2, -0.15) is 0 Å². The van der Waals surface area contributed by atoms with Crippen molar-refractivity contribution in [2.75, 3.05) is 0 Å². The summed E-state index contributed by atoms with van der Waals surface area (Å²) in [6.45, 7) is -0.319. The average molecular weight is 1260 g/mol. The number of hydrogen-bond donors (Lipinski definition) is 0. The summed E-state index contributed by atoms with van der Waals surface area (Å²) in [5.74, 6) is 1.64. The molecule has 0 fully saturated rings. The first kappa shape index (κ1) is 56.9. The van der Waals surface area contributed by atoms with E-state index in [1.54, 1.807) is 0 Å². The van der Waals surface area contributed by atoms with E-state index in [2.05, 4.69) is 391 Å². The maximum Gasteiger partial charge on any atom is 0.252 e. The molecular weight excluding hydrogens is 1190 g/mol. The number of rotatable bonds is 13. The Kier molecular flexibility index (Phi) is 14.0. The predicted octanol–water partition coefficient (Wildman–Crippen LogP) is 14.6. The number of benzene rings is 15. The molecule has 0 saturated heterocycles. The van der Waals surface area contributed by atoms with E-state index in [0.717, 1.165) is 78.1 Å². The van der Waals surface area contributed by atoms with Crippen LogP contribution in [0.3, 0.4) is 0 Å². The minimum absolute atomic E-state index is 0.319. The largest absolute Gasteiger partial charge is 0.458 e. The van der Waals surface area contributed by atoms with Crippen LogP contribution < -0.4 is 62.6 Å². The molecule has 0 unspecified atom stereocenters. The Balaban J connectivity index is 0.936. The first-order valence-electron chi connectivity index (χ1n) is 33.3. The van der Waals surface area contributed by atoms with Gasteiger partial charge in [0.1, 0.15) is 11.5 Å². The van der Waals surface area contributed by atoms with Gasteiger partial charge in [0, 0.05) is 45.1 Å². The Morgan fingerprint density at radius 3 is 0.812 bits per heavy atom. The molecule has 15 aromatic carbocycles. The summed E-state index contributed by atoms with van der Waals surface area (Å²) in [7, 11) is -6.01. The van der Waals surface area contributed by atoms with Crippen molar-refractivity contribution >= 4 is 124 Å². The van der Waals surface area contributed by atoms with E-state index < -0.39 is 16.1 Å². The molecule has 1 aliphatic heterocycles. The minimum Gasteiger partial charge on any atom is -0.458 e. The van der Waals surface area contributed by atoms with E-state index in [0.29, 0.717) is 0 Å². The molecule has 17 aromatic rings. The normalized spacial score (nSPS) is 12.2. The van der Waals surface area contributed by atoms with Gasteiger partial charge in [0.25, 0.3) is 6.71 Å². The molecule has 0 aliphatic carbocycles. The van der Waals surface area contributed by atoms with E-state index in [1.807, 2.05) is 0 Å². The smallest absolute Gasteiger partial charge is 0.252 e. The van der Waals surface area contributed by atoms with Crippen molar-refractivity contribution in [1.29, 1.82) is 0 Å². The van der Waals surface area contributed by atoms with Crippen molar-refractivity contribution in [1.82, 2.24) is 9.13 Å². The molecule has 2 aromatic heterocycles. The van der Waals surface area contributed by atoms with Crippen LogP contribution in [0.25, 0.3) is 77.2 Å². The molecule has 450 valence electrons. The number of nitrogens with zero attached hydrogens (tertiary/aromatic N) is 2. The fourth-order valence-electron chi connectivity index (χ4n) is 16.3. The van der Waals surface area contributed by atoms with Crippen LogP contribution in [0.15, 0.2) is 382 Å². The highest BCUT2D eigenvalue weighted by atomic mass is 28.3. The van der Waals surface area contributed by atoms with E-state index >= 15 is 0 Å². The van der Waals surface area contributed by atoms with Crippen molar-refractivity contribution in [3.8, 4) is 45.1 Å². The molecule has 0 atom stereocenters. The third kappa shape index (κ3) is 9.09. The zero-order valence-electron chi connectivity index (χ0n) is 52.8. The summed E-state index contributed by atoms with van der Waals surface area (Å²) in [4.78, 5) is 0. The summed E-state index contributed by atoms with van der Waals surface area (Å²) < 4.78 is 12.5. The van der Waals surface area contributed by atoms with Gasteiger partial charge in [0.05, 0.1) is 22.1 Å². The highest BCUT2D eigenvalue weighted by Crippen LogP contribution is 2.38. The van der Waals surface area contributed by atoms with Crippen molar-refractivity contribution in [2.45, 2.75) is 0 Å². The van der Waals surface area contributed by atoms with Crippen molar-refractivity contribution in [2.24, 2.45) is 0 Å². The zero-order chi connectivity index (χ0) is 63.6. The molecule has 96 heavy (non-hydrogen) atoms. The van der Waals surface area contributed by atoms with Crippen LogP contribution in [0.1, 0.15) is 0 Å². The van der Waals surface area contributed by atoms with Crippen molar-refractivity contribution in [3.63, 3.8) is 0 Å². The summed E-state index contributed by atoms with van der Waals surface area (Å²) in [5, 5.41) is 15.5. The van der Waals surface area contributed by atoms with Crippen LogP contribution in [0, 0.1) is 0 Å². The van der Waals surface area contributed by atoms with Crippen LogP contribution in [-0.2, 0) is 0 Å². The van der Waals surface area contributed by atoms with E-state index in [4.69, 9.17) is 4.74 Å². The van der Waals surface area contributed by atoms with Crippen molar-refractivity contribution in [3.05, 3.63) is 382 Å². The molecule has 0 N–H and O–H groups in total. The Hall–Kier alpha value is -11.8. The third-order valence-electron chi connectivity index (χ3n) is 20.4. The van der Waals surface area contributed by atoms with Gasteiger partial charge >= 0.3 is 0 Å². The Labute approximate surface area is 561 Å². The second kappa shape index (κ2) is 23.6.